The van der Waals surface area contributed by atoms with Gasteiger partial charge in [-0.1, -0.05) is 109 Å². The summed E-state index contributed by atoms with van der Waals surface area (Å²) in [5.41, 5.74) is 2.76. The maximum absolute atomic E-state index is 12.8. The van der Waals surface area contributed by atoms with Gasteiger partial charge in [0.05, 0.1) is 17.9 Å². The number of esters is 1. The topological polar surface area (TPSA) is 53.4 Å². The number of carbonyl (C=O) groups is 1. The molecule has 5 aromatic carbocycles. The maximum atomic E-state index is 12.8. The van der Waals surface area contributed by atoms with Crippen LogP contribution in [0.2, 0.25) is 0 Å². The molecule has 0 spiro atoms. The van der Waals surface area contributed by atoms with E-state index in [1.807, 2.05) is 74.9 Å². The predicted molar refractivity (Wildman–Crippen MR) is 222 cm³/mol. The van der Waals surface area contributed by atoms with Crippen molar-refractivity contribution in [3.63, 3.8) is 0 Å². The molecule has 0 aliphatic heterocycles. The third kappa shape index (κ3) is 10.7. The number of carbonyl (C=O) groups excluding carboxylic acids is 1. The highest BCUT2D eigenvalue weighted by Crippen LogP contribution is 2.33. The number of alkyl halides is 3. The normalized spacial score (nSPS) is 11.6. The number of nitrogens with zero attached hydrogens (tertiary/aromatic N) is 2. The largest absolute Gasteiger partial charge is 0.493 e. The van der Waals surface area contributed by atoms with Crippen molar-refractivity contribution in [2.45, 2.75) is 52.4 Å². The molecule has 0 N–H and O–H groups in total. The molecule has 7 aromatic rings. The zero-order valence-electron chi connectivity index (χ0n) is 31.8. The van der Waals surface area contributed by atoms with Gasteiger partial charge in [-0.2, -0.15) is 13.2 Å². The maximum Gasteiger partial charge on any atom is 0.416 e. The van der Waals surface area contributed by atoms with Gasteiger partial charge in [0.2, 0.25) is 0 Å². The molecule has 2 heterocycles. The predicted octanol–water partition coefficient (Wildman–Crippen LogP) is 10.4. The summed E-state index contributed by atoms with van der Waals surface area (Å²) in [6.07, 6.45) is -1.88. The fraction of sp³-hybridized carbons (Fsp3) is 0.191. The molecule has 2 aromatic heterocycles. The Morgan fingerprint density at radius 3 is 1.80 bits per heavy atom. The van der Waals surface area contributed by atoms with Crippen molar-refractivity contribution < 1.29 is 27.4 Å². The summed E-state index contributed by atoms with van der Waals surface area (Å²) < 4.78 is 51.6. The van der Waals surface area contributed by atoms with Gasteiger partial charge in [0.15, 0.2) is 0 Å². The Kier molecular flexibility index (Phi) is 12.7. The first kappa shape index (κ1) is 40.0. The van der Waals surface area contributed by atoms with E-state index in [0.717, 1.165) is 40.0 Å². The van der Waals surface area contributed by atoms with E-state index in [-0.39, 0.29) is 12.5 Å². The van der Waals surface area contributed by atoms with E-state index in [1.165, 1.54) is 28.0 Å². The highest BCUT2D eigenvalue weighted by atomic mass is 31.1. The molecule has 0 atom stereocenters. The Labute approximate surface area is 327 Å². The van der Waals surface area contributed by atoms with Crippen LogP contribution in [0.1, 0.15) is 37.6 Å². The van der Waals surface area contributed by atoms with Gasteiger partial charge in [0.1, 0.15) is 17.9 Å². The van der Waals surface area contributed by atoms with Crippen molar-refractivity contribution in [2.75, 3.05) is 6.61 Å². The Balaban J connectivity index is 0.000000233. The number of benzene rings is 5. The Bertz CT molecular complexity index is 2250. The summed E-state index contributed by atoms with van der Waals surface area (Å²) in [6.45, 7) is 7.97. The Hall–Kier alpha value is -5.72. The van der Waals surface area contributed by atoms with E-state index in [4.69, 9.17) is 9.47 Å². The van der Waals surface area contributed by atoms with Gasteiger partial charge in [0.25, 0.3) is 0 Å². The number of aromatic nitrogens is 2. The van der Waals surface area contributed by atoms with Crippen LogP contribution in [0.4, 0.5) is 13.2 Å². The summed E-state index contributed by atoms with van der Waals surface area (Å²) in [6, 6.07) is 48.7. The second kappa shape index (κ2) is 17.8. The quantitative estimate of drug-likeness (QED) is 0.103. The minimum absolute atomic E-state index is 0.135. The number of fused-ring (bicyclic) bond motifs is 1. The zero-order valence-corrected chi connectivity index (χ0v) is 32.7. The molecule has 0 aliphatic rings. The molecule has 56 heavy (non-hydrogen) atoms. The lowest BCUT2D eigenvalue weighted by atomic mass is 10.1. The lowest BCUT2D eigenvalue weighted by molar-refractivity contribution is -0.155. The van der Waals surface area contributed by atoms with E-state index in [2.05, 4.69) is 96.0 Å². The second-order valence-electron chi connectivity index (χ2n) is 14.2. The number of rotatable bonds is 10. The van der Waals surface area contributed by atoms with E-state index >= 15 is 0 Å². The summed E-state index contributed by atoms with van der Waals surface area (Å²) in [5, 5.41) is 5.15. The fourth-order valence-electron chi connectivity index (χ4n) is 6.22. The second-order valence-corrected chi connectivity index (χ2v) is 16.4. The van der Waals surface area contributed by atoms with Crippen LogP contribution in [0.25, 0.3) is 22.2 Å². The van der Waals surface area contributed by atoms with Crippen molar-refractivity contribution in [2.24, 2.45) is 0 Å². The summed E-state index contributed by atoms with van der Waals surface area (Å²) >= 11 is 0. The first-order valence-electron chi connectivity index (χ1n) is 18.4. The van der Waals surface area contributed by atoms with Gasteiger partial charge in [-0.25, -0.2) is 0 Å². The molecule has 286 valence electrons. The average molecular weight is 773 g/mol. The third-order valence-electron chi connectivity index (χ3n) is 8.85. The van der Waals surface area contributed by atoms with Crippen molar-refractivity contribution in [3.05, 3.63) is 175 Å². The lowest BCUT2D eigenvalue weighted by Crippen LogP contribution is -2.26. The first-order valence-corrected chi connectivity index (χ1v) is 19.7. The molecule has 0 unspecified atom stereocenters. The standard InChI is InChI=1S/C29H29F3N2O3.C18H15P/c1-19-20(7-11-25(33-19)21-5-8-23(9-6-21)29(30,31)32)14-16-36-24-10-12-26-22(17-24)13-15-34(26)18-27(35)37-28(2,3)4;1-4-10-16(11-5-1)19(17-12-6-2-7-13-17)18-14-8-3-9-15-18/h5-13,15,17H,14,16,18H2,1-4H3;1-15H. The number of hydrogen-bond donors (Lipinski definition) is 0. The van der Waals surface area contributed by atoms with Gasteiger partial charge in [-0.05, 0) is 99.6 Å². The van der Waals surface area contributed by atoms with Gasteiger partial charge in [-0.15, -0.1) is 0 Å². The highest BCUT2D eigenvalue weighted by molar-refractivity contribution is 7.79. The molecule has 0 aliphatic carbocycles. The van der Waals surface area contributed by atoms with E-state index < -0.39 is 25.3 Å². The third-order valence-corrected chi connectivity index (χ3v) is 11.3. The first-order chi connectivity index (χ1) is 26.8. The molecular formula is C47H44F3N2O3P. The van der Waals surface area contributed by atoms with Crippen LogP contribution < -0.4 is 20.7 Å². The summed E-state index contributed by atoms with van der Waals surface area (Å²) in [4.78, 5) is 16.8. The molecule has 5 nitrogen and oxygen atoms in total. The molecule has 0 saturated heterocycles. The molecule has 0 amide bonds. The minimum Gasteiger partial charge on any atom is -0.493 e. The van der Waals surface area contributed by atoms with Gasteiger partial charge >= 0.3 is 12.1 Å². The van der Waals surface area contributed by atoms with E-state index in [0.29, 0.717) is 24.3 Å². The molecule has 0 saturated carbocycles. The number of hydrogen-bond acceptors (Lipinski definition) is 4. The lowest BCUT2D eigenvalue weighted by Gasteiger charge is -2.19. The van der Waals surface area contributed by atoms with E-state index in [1.54, 1.807) is 0 Å². The van der Waals surface area contributed by atoms with Crippen molar-refractivity contribution in [1.29, 1.82) is 0 Å². The number of ether oxygens (including phenoxy) is 2. The SMILES string of the molecule is Cc1nc(-c2ccc(C(F)(F)F)cc2)ccc1CCOc1ccc2c(ccn2CC(=O)OC(C)(C)C)c1.c1ccc(P(c2ccccc2)c2ccccc2)cc1. The number of pyridine rings is 1. The van der Waals surface area contributed by atoms with Crippen LogP contribution in [0.5, 0.6) is 5.75 Å². The van der Waals surface area contributed by atoms with Gasteiger partial charge in [-0.3, -0.25) is 9.78 Å². The van der Waals surface area contributed by atoms with Crippen LogP contribution in [0, 0.1) is 6.92 Å². The van der Waals surface area contributed by atoms with Crippen LogP contribution in [0.15, 0.2) is 158 Å². The van der Waals surface area contributed by atoms with Crippen LogP contribution in [0.3, 0.4) is 0 Å². The highest BCUT2D eigenvalue weighted by Gasteiger charge is 2.30. The smallest absolute Gasteiger partial charge is 0.416 e. The average Bonchev–Trinajstić information content (AvgIpc) is 3.57. The van der Waals surface area contributed by atoms with Crippen molar-refractivity contribution in [3.8, 4) is 17.0 Å². The summed E-state index contributed by atoms with van der Waals surface area (Å²) in [7, 11) is -0.446. The molecule has 0 radical (unpaired) electrons. The van der Waals surface area contributed by atoms with Crippen molar-refractivity contribution >= 4 is 40.7 Å². The van der Waals surface area contributed by atoms with Crippen LogP contribution in [-0.4, -0.2) is 27.7 Å². The molecule has 0 fully saturated rings. The van der Waals surface area contributed by atoms with Gasteiger partial charge < -0.3 is 14.0 Å². The Morgan fingerprint density at radius 2 is 1.29 bits per heavy atom. The van der Waals surface area contributed by atoms with E-state index in [9.17, 15) is 18.0 Å². The molecule has 7 rings (SSSR count). The molecular weight excluding hydrogens is 728 g/mol. The van der Waals surface area contributed by atoms with Crippen molar-refractivity contribution in [1.82, 2.24) is 9.55 Å². The molecule has 9 heteroatoms. The minimum atomic E-state index is -4.36. The molecule has 0 bridgehead atoms. The number of halogens is 3. The monoisotopic (exact) mass is 772 g/mol. The Morgan fingerprint density at radius 1 is 0.714 bits per heavy atom. The fourth-order valence-corrected chi connectivity index (χ4v) is 8.53. The zero-order chi connectivity index (χ0) is 39.7. The number of aryl methyl sites for hydroxylation is 1. The van der Waals surface area contributed by atoms with Crippen LogP contribution in [-0.2, 0) is 28.7 Å². The van der Waals surface area contributed by atoms with Crippen LogP contribution >= 0.6 is 7.92 Å². The van der Waals surface area contributed by atoms with Gasteiger partial charge in [0, 0.05) is 34.8 Å². The summed E-state index contributed by atoms with van der Waals surface area (Å²) in [5.74, 6) is 0.424.